The molecule has 0 atom stereocenters. The molecule has 0 fully saturated rings. The third-order valence-corrected chi connectivity index (χ3v) is 3.06. The second kappa shape index (κ2) is 6.47. The molecule has 0 aliphatic rings. The second-order valence-electron chi connectivity index (χ2n) is 4.13. The van der Waals surface area contributed by atoms with Crippen molar-refractivity contribution in [3.8, 4) is 5.75 Å². The number of carbonyl (C=O) groups excluding carboxylic acids is 1. The molecule has 0 aliphatic heterocycles. The number of rotatable bonds is 4. The number of ether oxygens (including phenoxy) is 1. The average molecular weight is 339 g/mol. The first kappa shape index (κ1) is 14.5. The van der Waals surface area contributed by atoms with Gasteiger partial charge in [0.1, 0.15) is 17.4 Å². The summed E-state index contributed by atoms with van der Waals surface area (Å²) in [5.74, 6) is 0.160. The number of amides is 1. The highest BCUT2D eigenvalue weighted by atomic mass is 79.9. The number of nitrogens with one attached hydrogen (secondary N) is 1. The van der Waals surface area contributed by atoms with E-state index in [1.165, 1.54) is 18.2 Å². The average Bonchev–Trinajstić information content (AvgIpc) is 2.37. The van der Waals surface area contributed by atoms with Crippen LogP contribution in [0.3, 0.4) is 0 Å². The van der Waals surface area contributed by atoms with E-state index in [9.17, 15) is 9.18 Å². The van der Waals surface area contributed by atoms with Crippen molar-refractivity contribution in [3.05, 3.63) is 52.4 Å². The number of carbonyl (C=O) groups is 1. The molecule has 2 rings (SSSR count). The van der Waals surface area contributed by atoms with Crippen LogP contribution < -0.4 is 10.1 Å². The predicted molar refractivity (Wildman–Crippen MR) is 77.2 cm³/mol. The molecule has 1 heterocycles. The summed E-state index contributed by atoms with van der Waals surface area (Å²) in [4.78, 5) is 15.7. The van der Waals surface area contributed by atoms with Crippen LogP contribution in [-0.4, -0.2) is 17.5 Å². The number of pyridine rings is 1. The summed E-state index contributed by atoms with van der Waals surface area (Å²) in [6.45, 7) is 1.73. The summed E-state index contributed by atoms with van der Waals surface area (Å²) in [6, 6.07) is 7.58. The third kappa shape index (κ3) is 4.03. The zero-order chi connectivity index (χ0) is 14.5. The van der Waals surface area contributed by atoms with E-state index in [0.29, 0.717) is 16.0 Å². The Hall–Kier alpha value is -1.95. The molecule has 1 aromatic carbocycles. The Bertz CT molecular complexity index is 634. The van der Waals surface area contributed by atoms with Crippen LogP contribution in [0.25, 0.3) is 0 Å². The van der Waals surface area contributed by atoms with Gasteiger partial charge in [-0.3, -0.25) is 4.79 Å². The van der Waals surface area contributed by atoms with Gasteiger partial charge in [0.25, 0.3) is 5.91 Å². The number of anilines is 1. The summed E-state index contributed by atoms with van der Waals surface area (Å²) >= 11 is 3.16. The monoisotopic (exact) mass is 338 g/mol. The van der Waals surface area contributed by atoms with E-state index in [4.69, 9.17) is 4.74 Å². The molecule has 4 nitrogen and oxygen atoms in total. The van der Waals surface area contributed by atoms with Gasteiger partial charge >= 0.3 is 0 Å². The maximum Gasteiger partial charge on any atom is 0.263 e. The lowest BCUT2D eigenvalue weighted by molar-refractivity contribution is -0.118. The fourth-order valence-corrected chi connectivity index (χ4v) is 1.98. The van der Waals surface area contributed by atoms with Gasteiger partial charge in [0.2, 0.25) is 0 Å². The normalized spacial score (nSPS) is 10.2. The first-order valence-corrected chi connectivity index (χ1v) is 6.64. The zero-order valence-electron chi connectivity index (χ0n) is 10.7. The van der Waals surface area contributed by atoms with Gasteiger partial charge < -0.3 is 10.1 Å². The molecular weight excluding hydrogens is 327 g/mol. The number of benzene rings is 1. The fourth-order valence-electron chi connectivity index (χ4n) is 1.52. The Morgan fingerprint density at radius 1 is 1.40 bits per heavy atom. The first-order chi connectivity index (χ1) is 9.54. The summed E-state index contributed by atoms with van der Waals surface area (Å²) in [6.07, 6.45) is 1.61. The topological polar surface area (TPSA) is 51.2 Å². The van der Waals surface area contributed by atoms with Crippen molar-refractivity contribution in [1.82, 2.24) is 4.98 Å². The van der Waals surface area contributed by atoms with E-state index in [0.717, 1.165) is 5.56 Å². The standard InChI is InChI=1S/C14H12BrFN2O2/c1-9-4-5-17-13(6-9)18-14(19)8-20-12-3-2-10(16)7-11(12)15/h2-7H,8H2,1H3,(H,17,18,19). The molecule has 104 valence electrons. The summed E-state index contributed by atoms with van der Waals surface area (Å²) < 4.78 is 18.7. The minimum atomic E-state index is -0.377. The van der Waals surface area contributed by atoms with Gasteiger partial charge in [0, 0.05) is 6.20 Å². The molecule has 6 heteroatoms. The Labute approximate surface area is 124 Å². The van der Waals surface area contributed by atoms with Crippen molar-refractivity contribution >= 4 is 27.7 Å². The van der Waals surface area contributed by atoms with Crippen molar-refractivity contribution < 1.29 is 13.9 Å². The molecule has 1 N–H and O–H groups in total. The predicted octanol–water partition coefficient (Wildman–Crippen LogP) is 3.31. The van der Waals surface area contributed by atoms with Crippen LogP contribution in [-0.2, 0) is 4.79 Å². The Morgan fingerprint density at radius 3 is 2.90 bits per heavy atom. The maximum atomic E-state index is 12.9. The highest BCUT2D eigenvalue weighted by molar-refractivity contribution is 9.10. The largest absolute Gasteiger partial charge is 0.483 e. The van der Waals surface area contributed by atoms with E-state index < -0.39 is 0 Å². The van der Waals surface area contributed by atoms with Crippen LogP contribution in [0.4, 0.5) is 10.2 Å². The SMILES string of the molecule is Cc1ccnc(NC(=O)COc2ccc(F)cc2Br)c1. The molecule has 20 heavy (non-hydrogen) atoms. The van der Waals surface area contributed by atoms with Gasteiger partial charge in [-0.15, -0.1) is 0 Å². The highest BCUT2D eigenvalue weighted by Gasteiger charge is 2.07. The molecule has 2 aromatic rings. The molecule has 0 aliphatic carbocycles. The van der Waals surface area contributed by atoms with Crippen molar-refractivity contribution in [2.75, 3.05) is 11.9 Å². The summed E-state index contributed by atoms with van der Waals surface area (Å²) in [7, 11) is 0. The molecule has 0 saturated carbocycles. The number of hydrogen-bond acceptors (Lipinski definition) is 3. The van der Waals surface area contributed by atoms with Crippen LogP contribution in [0.15, 0.2) is 41.0 Å². The van der Waals surface area contributed by atoms with E-state index in [1.54, 1.807) is 12.3 Å². The minimum Gasteiger partial charge on any atom is -0.483 e. The van der Waals surface area contributed by atoms with Gasteiger partial charge in [-0.1, -0.05) is 0 Å². The van der Waals surface area contributed by atoms with E-state index in [2.05, 4.69) is 26.2 Å². The van der Waals surface area contributed by atoms with Crippen LogP contribution >= 0.6 is 15.9 Å². The van der Waals surface area contributed by atoms with Crippen molar-refractivity contribution in [2.24, 2.45) is 0 Å². The Morgan fingerprint density at radius 2 is 2.20 bits per heavy atom. The molecule has 0 saturated heterocycles. The lowest BCUT2D eigenvalue weighted by Gasteiger charge is -2.08. The number of halogens is 2. The molecule has 0 bridgehead atoms. The Kier molecular flexibility index (Phi) is 4.68. The quantitative estimate of drug-likeness (QED) is 0.930. The van der Waals surface area contributed by atoms with Gasteiger partial charge in [-0.2, -0.15) is 0 Å². The number of nitrogens with zero attached hydrogens (tertiary/aromatic N) is 1. The smallest absolute Gasteiger partial charge is 0.263 e. The molecule has 0 spiro atoms. The number of hydrogen-bond donors (Lipinski definition) is 1. The van der Waals surface area contributed by atoms with E-state index in [1.807, 2.05) is 13.0 Å². The van der Waals surface area contributed by atoms with Gasteiger partial charge in [0.15, 0.2) is 6.61 Å². The van der Waals surface area contributed by atoms with Crippen molar-refractivity contribution in [3.63, 3.8) is 0 Å². The molecule has 0 unspecified atom stereocenters. The first-order valence-electron chi connectivity index (χ1n) is 5.85. The Balaban J connectivity index is 1.92. The fraction of sp³-hybridized carbons (Fsp3) is 0.143. The van der Waals surface area contributed by atoms with Crippen molar-refractivity contribution in [2.45, 2.75) is 6.92 Å². The van der Waals surface area contributed by atoms with Gasteiger partial charge in [-0.05, 0) is 58.7 Å². The molecule has 0 radical (unpaired) electrons. The van der Waals surface area contributed by atoms with Crippen LogP contribution in [0, 0.1) is 12.7 Å². The maximum absolute atomic E-state index is 12.9. The van der Waals surface area contributed by atoms with Crippen LogP contribution in [0.1, 0.15) is 5.56 Å². The van der Waals surface area contributed by atoms with Gasteiger partial charge in [0.05, 0.1) is 4.47 Å². The lowest BCUT2D eigenvalue weighted by atomic mass is 10.3. The summed E-state index contributed by atoms with van der Waals surface area (Å²) in [5, 5.41) is 2.62. The summed E-state index contributed by atoms with van der Waals surface area (Å²) in [5.41, 5.74) is 0.998. The second-order valence-corrected chi connectivity index (χ2v) is 4.98. The minimum absolute atomic E-state index is 0.181. The van der Waals surface area contributed by atoms with Gasteiger partial charge in [-0.25, -0.2) is 9.37 Å². The molecule has 1 aromatic heterocycles. The van der Waals surface area contributed by atoms with E-state index >= 15 is 0 Å². The molecule has 1 amide bonds. The zero-order valence-corrected chi connectivity index (χ0v) is 12.3. The number of aryl methyl sites for hydroxylation is 1. The number of aromatic nitrogens is 1. The third-order valence-electron chi connectivity index (χ3n) is 2.44. The highest BCUT2D eigenvalue weighted by Crippen LogP contribution is 2.25. The van der Waals surface area contributed by atoms with E-state index in [-0.39, 0.29) is 18.3 Å². The molecular formula is C14H12BrFN2O2. The van der Waals surface area contributed by atoms with Crippen LogP contribution in [0.5, 0.6) is 5.75 Å². The van der Waals surface area contributed by atoms with Crippen LogP contribution in [0.2, 0.25) is 0 Å². The van der Waals surface area contributed by atoms with Crippen molar-refractivity contribution in [1.29, 1.82) is 0 Å². The lowest BCUT2D eigenvalue weighted by Crippen LogP contribution is -2.20.